The van der Waals surface area contributed by atoms with E-state index in [9.17, 15) is 4.79 Å². The number of carbonyl (C=O) groups is 1. The summed E-state index contributed by atoms with van der Waals surface area (Å²) in [5.74, 6) is 2.55. The van der Waals surface area contributed by atoms with Gasteiger partial charge in [0.15, 0.2) is 0 Å². The number of amides is 1. The molecule has 0 aliphatic heterocycles. The maximum Gasteiger partial charge on any atom is 0.322 e. The smallest absolute Gasteiger partial charge is 0.322 e. The number of aryl methyl sites for hydroxylation is 1. The van der Waals surface area contributed by atoms with Crippen LogP contribution in [0.25, 0.3) is 11.4 Å². The molecule has 1 amide bonds. The largest absolute Gasteiger partial charge is 0.344 e. The molecule has 0 saturated heterocycles. The highest BCUT2D eigenvalue weighted by Crippen LogP contribution is 2.17. The number of hydrogen-bond donors (Lipinski definition) is 2. The number of rotatable bonds is 5. The Labute approximate surface area is 116 Å². The van der Waals surface area contributed by atoms with E-state index in [1.54, 1.807) is 0 Å². The average Bonchev–Trinajstić information content (AvgIpc) is 2.92. The van der Waals surface area contributed by atoms with E-state index in [1.165, 1.54) is 0 Å². The van der Waals surface area contributed by atoms with Gasteiger partial charge in [-0.1, -0.05) is 40.9 Å². The maximum absolute atomic E-state index is 11.3. The molecule has 0 fully saturated rings. The third-order valence-corrected chi connectivity index (χ3v) is 2.52. The fourth-order valence-electron chi connectivity index (χ4n) is 1.48. The first-order chi connectivity index (χ1) is 9.69. The summed E-state index contributed by atoms with van der Waals surface area (Å²) in [7, 11) is 0. The van der Waals surface area contributed by atoms with E-state index in [0.717, 1.165) is 11.1 Å². The molecule has 0 radical (unpaired) electrons. The molecule has 2 aromatic rings. The minimum absolute atomic E-state index is 0.0250. The molecule has 0 aliphatic carbocycles. The quantitative estimate of drug-likeness (QED) is 0.798. The Kier molecular flexibility index (Phi) is 4.35. The van der Waals surface area contributed by atoms with Crippen LogP contribution in [0.15, 0.2) is 28.8 Å². The van der Waals surface area contributed by atoms with Crippen molar-refractivity contribution in [3.8, 4) is 23.7 Å². The van der Waals surface area contributed by atoms with Crippen LogP contribution in [0.2, 0.25) is 0 Å². The molecule has 0 atom stereocenters. The number of nitrogens with one attached hydrogen (secondary N) is 2. The zero-order valence-corrected chi connectivity index (χ0v) is 11.0. The summed E-state index contributed by atoms with van der Waals surface area (Å²) in [6.07, 6.45) is 5.04. The van der Waals surface area contributed by atoms with Crippen LogP contribution in [0.5, 0.6) is 0 Å². The second-order valence-electron chi connectivity index (χ2n) is 4.12. The Bertz CT molecular complexity index is 625. The van der Waals surface area contributed by atoms with Crippen LogP contribution in [0.3, 0.4) is 0 Å². The molecule has 0 saturated carbocycles. The van der Waals surface area contributed by atoms with E-state index in [2.05, 4.69) is 26.7 Å². The van der Waals surface area contributed by atoms with Crippen molar-refractivity contribution in [2.75, 3.05) is 18.4 Å². The third-order valence-electron chi connectivity index (χ3n) is 2.52. The van der Waals surface area contributed by atoms with Crippen LogP contribution in [-0.2, 0) is 4.79 Å². The van der Waals surface area contributed by atoms with E-state index in [4.69, 9.17) is 10.9 Å². The molecule has 1 aromatic heterocycles. The molecule has 2 N–H and O–H groups in total. The highest BCUT2D eigenvalue weighted by Gasteiger charge is 2.09. The summed E-state index contributed by atoms with van der Waals surface area (Å²) in [6, 6.07) is 7.93. The van der Waals surface area contributed by atoms with Gasteiger partial charge in [-0.25, -0.2) is 0 Å². The number of nitrogens with zero attached hydrogens (tertiary/aromatic N) is 2. The van der Waals surface area contributed by atoms with Crippen molar-refractivity contribution in [3.63, 3.8) is 0 Å². The first kappa shape index (κ1) is 13.6. The number of anilines is 1. The standard InChI is InChI=1S/C14H14N4O2/c1-3-8-15-12(19)9-16-14-17-13(18-20-14)11-6-4-10(2)5-7-11/h1,4-7H,8-9H2,2H3,(H,15,19)(H,16,17,18). The summed E-state index contributed by atoms with van der Waals surface area (Å²) in [6.45, 7) is 2.22. The zero-order chi connectivity index (χ0) is 14.4. The molecule has 0 unspecified atom stereocenters. The predicted octanol–water partition coefficient (Wildman–Crippen LogP) is 1.21. The molecule has 20 heavy (non-hydrogen) atoms. The van der Waals surface area contributed by atoms with Crippen LogP contribution in [0.4, 0.5) is 6.01 Å². The normalized spacial score (nSPS) is 9.80. The predicted molar refractivity (Wildman–Crippen MR) is 74.8 cm³/mol. The molecule has 1 aromatic carbocycles. The van der Waals surface area contributed by atoms with Crippen molar-refractivity contribution in [2.24, 2.45) is 0 Å². The van der Waals surface area contributed by atoms with Crippen molar-refractivity contribution >= 4 is 11.9 Å². The van der Waals surface area contributed by atoms with Gasteiger partial charge in [0.2, 0.25) is 11.7 Å². The molecule has 0 aliphatic rings. The maximum atomic E-state index is 11.3. The van der Waals surface area contributed by atoms with E-state index in [1.807, 2.05) is 31.2 Å². The fraction of sp³-hybridized carbons (Fsp3) is 0.214. The second-order valence-corrected chi connectivity index (χ2v) is 4.12. The van der Waals surface area contributed by atoms with Crippen LogP contribution < -0.4 is 10.6 Å². The minimum atomic E-state index is -0.238. The lowest BCUT2D eigenvalue weighted by atomic mass is 10.1. The number of carbonyl (C=O) groups excluding carboxylic acids is 1. The van der Waals surface area contributed by atoms with E-state index in [0.29, 0.717) is 5.82 Å². The Morgan fingerprint density at radius 1 is 1.40 bits per heavy atom. The molecule has 6 nitrogen and oxygen atoms in total. The summed E-state index contributed by atoms with van der Waals surface area (Å²) in [5, 5.41) is 9.10. The van der Waals surface area contributed by atoms with Gasteiger partial charge in [-0.05, 0) is 6.92 Å². The van der Waals surface area contributed by atoms with Crippen LogP contribution in [0.1, 0.15) is 5.56 Å². The molecule has 1 heterocycles. The van der Waals surface area contributed by atoms with Gasteiger partial charge in [0.05, 0.1) is 13.1 Å². The molecular weight excluding hydrogens is 256 g/mol. The highest BCUT2D eigenvalue weighted by atomic mass is 16.5. The molecule has 6 heteroatoms. The summed E-state index contributed by atoms with van der Waals surface area (Å²) in [5.41, 5.74) is 2.00. The van der Waals surface area contributed by atoms with Gasteiger partial charge in [0, 0.05) is 5.56 Å². The number of terminal acetylenes is 1. The van der Waals surface area contributed by atoms with E-state index < -0.39 is 0 Å². The lowest BCUT2D eigenvalue weighted by Crippen LogP contribution is -2.30. The molecular formula is C14H14N4O2. The third kappa shape index (κ3) is 3.59. The average molecular weight is 270 g/mol. The number of benzene rings is 1. The van der Waals surface area contributed by atoms with E-state index in [-0.39, 0.29) is 25.0 Å². The second kappa shape index (κ2) is 6.38. The fourth-order valence-corrected chi connectivity index (χ4v) is 1.48. The number of hydrogen-bond acceptors (Lipinski definition) is 5. The van der Waals surface area contributed by atoms with Gasteiger partial charge >= 0.3 is 6.01 Å². The summed E-state index contributed by atoms with van der Waals surface area (Å²) < 4.78 is 5.01. The lowest BCUT2D eigenvalue weighted by molar-refractivity contribution is -0.119. The van der Waals surface area contributed by atoms with Crippen molar-refractivity contribution in [3.05, 3.63) is 29.8 Å². The SMILES string of the molecule is C#CCNC(=O)CNc1nc(-c2ccc(C)cc2)no1. The van der Waals surface area contributed by atoms with Crippen LogP contribution in [0, 0.1) is 19.3 Å². The van der Waals surface area contributed by atoms with Crippen molar-refractivity contribution in [1.82, 2.24) is 15.5 Å². The van der Waals surface area contributed by atoms with Gasteiger partial charge in [-0.15, -0.1) is 6.42 Å². The van der Waals surface area contributed by atoms with Gasteiger partial charge in [0.1, 0.15) is 0 Å². The van der Waals surface area contributed by atoms with Gasteiger partial charge in [0.25, 0.3) is 0 Å². The topological polar surface area (TPSA) is 80.0 Å². The first-order valence-electron chi connectivity index (χ1n) is 6.04. The van der Waals surface area contributed by atoms with Crippen molar-refractivity contribution in [1.29, 1.82) is 0 Å². The molecule has 0 spiro atoms. The Balaban J connectivity index is 1.94. The van der Waals surface area contributed by atoms with Crippen LogP contribution >= 0.6 is 0 Å². The lowest BCUT2D eigenvalue weighted by Gasteiger charge is -2.00. The van der Waals surface area contributed by atoms with Gasteiger partial charge < -0.3 is 15.2 Å². The monoisotopic (exact) mass is 270 g/mol. The first-order valence-corrected chi connectivity index (χ1v) is 6.04. The molecule has 0 bridgehead atoms. The summed E-state index contributed by atoms with van der Waals surface area (Å²) in [4.78, 5) is 15.5. The van der Waals surface area contributed by atoms with E-state index >= 15 is 0 Å². The number of aromatic nitrogens is 2. The Hall–Kier alpha value is -2.81. The minimum Gasteiger partial charge on any atom is -0.344 e. The van der Waals surface area contributed by atoms with Gasteiger partial charge in [-0.3, -0.25) is 4.79 Å². The Morgan fingerprint density at radius 2 is 2.15 bits per heavy atom. The molecule has 102 valence electrons. The van der Waals surface area contributed by atoms with Crippen molar-refractivity contribution in [2.45, 2.75) is 6.92 Å². The highest BCUT2D eigenvalue weighted by molar-refractivity contribution is 5.80. The zero-order valence-electron chi connectivity index (χ0n) is 11.0. The van der Waals surface area contributed by atoms with Crippen molar-refractivity contribution < 1.29 is 9.32 Å². The Morgan fingerprint density at radius 3 is 2.85 bits per heavy atom. The van der Waals surface area contributed by atoms with Gasteiger partial charge in [-0.2, -0.15) is 4.98 Å². The molecule has 2 rings (SSSR count). The van der Waals surface area contributed by atoms with Crippen LogP contribution in [-0.4, -0.2) is 29.1 Å². The summed E-state index contributed by atoms with van der Waals surface area (Å²) >= 11 is 0.